The standard InChI is InChI=1S/C21H26N4O2S/c1-15-4-7-18(27-15)12-22-21(26)9-6-16-3-2-10-25(13-16)14-17-5-8-19-20(11-17)24-28-23-19/h4-5,7-8,11,16H,2-3,6,9-10,12-14H2,1H3,(H,22,26)/t16-/m0/s1. The fraction of sp³-hybridized carbons (Fsp3) is 0.476. The average Bonchev–Trinajstić information content (AvgIpc) is 3.33. The molecule has 0 radical (unpaired) electrons. The van der Waals surface area contributed by atoms with Gasteiger partial charge in [0.25, 0.3) is 0 Å². The molecule has 1 saturated heterocycles. The van der Waals surface area contributed by atoms with Gasteiger partial charge in [-0.05, 0) is 68.5 Å². The van der Waals surface area contributed by atoms with Crippen LogP contribution in [0, 0.1) is 12.8 Å². The number of benzene rings is 1. The smallest absolute Gasteiger partial charge is 0.220 e. The van der Waals surface area contributed by atoms with Crippen molar-refractivity contribution in [2.75, 3.05) is 13.1 Å². The maximum absolute atomic E-state index is 12.2. The van der Waals surface area contributed by atoms with E-state index in [0.29, 0.717) is 18.9 Å². The highest BCUT2D eigenvalue weighted by atomic mass is 32.1. The molecule has 0 saturated carbocycles. The lowest BCUT2D eigenvalue weighted by atomic mass is 9.93. The Morgan fingerprint density at radius 2 is 2.18 bits per heavy atom. The van der Waals surface area contributed by atoms with Gasteiger partial charge in [0, 0.05) is 19.5 Å². The molecule has 1 N–H and O–H groups in total. The normalized spacial score (nSPS) is 17.8. The van der Waals surface area contributed by atoms with E-state index < -0.39 is 0 Å². The largest absolute Gasteiger partial charge is 0.465 e. The molecular formula is C21H26N4O2S. The van der Waals surface area contributed by atoms with E-state index in [1.165, 1.54) is 30.1 Å². The van der Waals surface area contributed by atoms with E-state index in [1.807, 2.05) is 19.1 Å². The first-order chi connectivity index (χ1) is 13.7. The van der Waals surface area contributed by atoms with Crippen molar-refractivity contribution < 1.29 is 9.21 Å². The summed E-state index contributed by atoms with van der Waals surface area (Å²) in [5.74, 6) is 2.36. The number of carbonyl (C=O) groups is 1. The van der Waals surface area contributed by atoms with Crippen molar-refractivity contribution in [3.63, 3.8) is 0 Å². The second-order valence-corrected chi connectivity index (χ2v) is 8.19. The van der Waals surface area contributed by atoms with Gasteiger partial charge in [-0.25, -0.2) is 0 Å². The Balaban J connectivity index is 1.22. The summed E-state index contributed by atoms with van der Waals surface area (Å²) in [5, 5.41) is 2.96. The zero-order valence-corrected chi connectivity index (χ0v) is 17.0. The molecule has 4 rings (SSSR count). The fourth-order valence-electron chi connectivity index (χ4n) is 3.90. The predicted octanol–water partition coefficient (Wildman–Crippen LogP) is 3.90. The molecular weight excluding hydrogens is 372 g/mol. The van der Waals surface area contributed by atoms with Gasteiger partial charge in [0.05, 0.1) is 18.3 Å². The number of piperidine rings is 1. The van der Waals surface area contributed by atoms with Crippen molar-refractivity contribution in [3.8, 4) is 0 Å². The van der Waals surface area contributed by atoms with Crippen LogP contribution in [0.5, 0.6) is 0 Å². The summed E-state index contributed by atoms with van der Waals surface area (Å²) in [5.41, 5.74) is 3.24. The van der Waals surface area contributed by atoms with E-state index in [0.717, 1.165) is 48.6 Å². The van der Waals surface area contributed by atoms with Crippen LogP contribution in [-0.2, 0) is 17.9 Å². The van der Waals surface area contributed by atoms with Crippen LogP contribution >= 0.6 is 11.7 Å². The van der Waals surface area contributed by atoms with Crippen LogP contribution in [0.4, 0.5) is 0 Å². The lowest BCUT2D eigenvalue weighted by Gasteiger charge is -2.32. The van der Waals surface area contributed by atoms with Crippen LogP contribution in [0.3, 0.4) is 0 Å². The molecule has 7 heteroatoms. The Bertz CT molecular complexity index is 935. The van der Waals surface area contributed by atoms with Gasteiger partial charge in [-0.1, -0.05) is 6.07 Å². The number of aryl methyl sites for hydroxylation is 1. The molecule has 1 atom stereocenters. The summed E-state index contributed by atoms with van der Waals surface area (Å²) in [6.07, 6.45) is 3.91. The van der Waals surface area contributed by atoms with Crippen molar-refractivity contribution in [1.29, 1.82) is 0 Å². The van der Waals surface area contributed by atoms with Crippen LogP contribution in [-0.4, -0.2) is 32.6 Å². The molecule has 0 aliphatic carbocycles. The van der Waals surface area contributed by atoms with Crippen molar-refractivity contribution in [2.45, 2.75) is 45.7 Å². The third kappa shape index (κ3) is 4.97. The molecule has 2 aromatic heterocycles. The first-order valence-electron chi connectivity index (χ1n) is 9.91. The number of hydrogen-bond donors (Lipinski definition) is 1. The average molecular weight is 399 g/mol. The molecule has 1 aromatic carbocycles. The van der Waals surface area contributed by atoms with Gasteiger partial charge in [0.2, 0.25) is 5.91 Å². The number of fused-ring (bicyclic) bond motifs is 1. The summed E-state index contributed by atoms with van der Waals surface area (Å²) >= 11 is 1.26. The summed E-state index contributed by atoms with van der Waals surface area (Å²) in [6, 6.07) is 10.2. The third-order valence-corrected chi connectivity index (χ3v) is 5.92. The van der Waals surface area contributed by atoms with Crippen molar-refractivity contribution in [1.82, 2.24) is 19.0 Å². The Hall–Kier alpha value is -2.25. The molecule has 0 spiro atoms. The van der Waals surface area contributed by atoms with Crippen molar-refractivity contribution in [3.05, 3.63) is 47.4 Å². The van der Waals surface area contributed by atoms with Gasteiger partial charge in [0.15, 0.2) is 0 Å². The van der Waals surface area contributed by atoms with E-state index in [4.69, 9.17) is 4.42 Å². The number of furan rings is 1. The Labute approximate surface area is 169 Å². The van der Waals surface area contributed by atoms with Gasteiger partial charge in [-0.3, -0.25) is 9.69 Å². The lowest BCUT2D eigenvalue weighted by molar-refractivity contribution is -0.121. The van der Waals surface area contributed by atoms with Crippen LogP contribution in [0.1, 0.15) is 42.8 Å². The number of aromatic nitrogens is 2. The molecule has 28 heavy (non-hydrogen) atoms. The molecule has 3 heterocycles. The fourth-order valence-corrected chi connectivity index (χ4v) is 4.42. The van der Waals surface area contributed by atoms with Crippen LogP contribution in [0.15, 0.2) is 34.7 Å². The zero-order valence-electron chi connectivity index (χ0n) is 16.2. The van der Waals surface area contributed by atoms with E-state index in [9.17, 15) is 4.79 Å². The lowest BCUT2D eigenvalue weighted by Crippen LogP contribution is -2.35. The highest BCUT2D eigenvalue weighted by Crippen LogP contribution is 2.23. The van der Waals surface area contributed by atoms with E-state index >= 15 is 0 Å². The van der Waals surface area contributed by atoms with Crippen LogP contribution in [0.2, 0.25) is 0 Å². The van der Waals surface area contributed by atoms with Gasteiger partial charge in [0.1, 0.15) is 22.6 Å². The van der Waals surface area contributed by atoms with E-state index in [2.05, 4.69) is 37.2 Å². The summed E-state index contributed by atoms with van der Waals surface area (Å²) in [7, 11) is 0. The second kappa shape index (κ2) is 8.84. The molecule has 1 aliphatic rings. The summed E-state index contributed by atoms with van der Waals surface area (Å²) < 4.78 is 14.1. The summed E-state index contributed by atoms with van der Waals surface area (Å²) in [4.78, 5) is 14.7. The van der Waals surface area contributed by atoms with Crippen molar-refractivity contribution in [2.24, 2.45) is 5.92 Å². The van der Waals surface area contributed by atoms with Gasteiger partial charge in [-0.2, -0.15) is 8.75 Å². The van der Waals surface area contributed by atoms with Gasteiger partial charge >= 0.3 is 0 Å². The number of hydrogen-bond acceptors (Lipinski definition) is 6. The molecule has 1 fully saturated rings. The first kappa shape index (κ1) is 19.1. The third-order valence-electron chi connectivity index (χ3n) is 5.36. The highest BCUT2D eigenvalue weighted by Gasteiger charge is 2.21. The molecule has 1 aliphatic heterocycles. The highest BCUT2D eigenvalue weighted by molar-refractivity contribution is 7.00. The number of rotatable bonds is 7. The molecule has 3 aromatic rings. The molecule has 0 bridgehead atoms. The minimum absolute atomic E-state index is 0.104. The molecule has 6 nitrogen and oxygen atoms in total. The Morgan fingerprint density at radius 1 is 1.29 bits per heavy atom. The maximum atomic E-state index is 12.2. The number of nitrogens with one attached hydrogen (secondary N) is 1. The quantitative estimate of drug-likeness (QED) is 0.653. The van der Waals surface area contributed by atoms with Crippen LogP contribution in [0.25, 0.3) is 11.0 Å². The number of nitrogens with zero attached hydrogens (tertiary/aromatic N) is 3. The SMILES string of the molecule is Cc1ccc(CNC(=O)CC[C@@H]2CCCN(Cc3ccc4nsnc4c3)C2)o1. The number of carbonyl (C=O) groups excluding carboxylic acids is 1. The zero-order chi connectivity index (χ0) is 19.3. The number of likely N-dealkylation sites (tertiary alicyclic amines) is 1. The molecule has 1 amide bonds. The summed E-state index contributed by atoms with van der Waals surface area (Å²) in [6.45, 7) is 5.49. The minimum Gasteiger partial charge on any atom is -0.465 e. The Kier molecular flexibility index (Phi) is 6.02. The molecule has 0 unspecified atom stereocenters. The maximum Gasteiger partial charge on any atom is 0.220 e. The van der Waals surface area contributed by atoms with Gasteiger partial charge < -0.3 is 9.73 Å². The van der Waals surface area contributed by atoms with Gasteiger partial charge in [-0.15, -0.1) is 0 Å². The molecule has 148 valence electrons. The number of amides is 1. The minimum atomic E-state index is 0.104. The van der Waals surface area contributed by atoms with Crippen molar-refractivity contribution >= 4 is 28.7 Å². The van der Waals surface area contributed by atoms with E-state index in [1.54, 1.807) is 0 Å². The first-order valence-corrected chi connectivity index (χ1v) is 10.6. The second-order valence-electron chi connectivity index (χ2n) is 7.66. The Morgan fingerprint density at radius 3 is 3.04 bits per heavy atom. The van der Waals surface area contributed by atoms with E-state index in [-0.39, 0.29) is 5.91 Å². The monoisotopic (exact) mass is 398 g/mol. The predicted molar refractivity (Wildman–Crippen MR) is 110 cm³/mol. The topological polar surface area (TPSA) is 71.3 Å². The van der Waals surface area contributed by atoms with Crippen LogP contribution < -0.4 is 5.32 Å².